The number of benzene rings is 2. The number of thiol groups is 1. The Balaban J connectivity index is 1.06. The third-order valence-corrected chi connectivity index (χ3v) is 13.1. The number of halogens is 2. The number of carbonyl (C=O) groups is 2. The van der Waals surface area contributed by atoms with Crippen LogP contribution in [0.25, 0.3) is 22.3 Å². The van der Waals surface area contributed by atoms with Crippen LogP contribution in [0, 0.1) is 0 Å². The zero-order valence-corrected chi connectivity index (χ0v) is 35.0. The molecule has 3 aliphatic heterocycles. The largest absolute Gasteiger partial charge is 0.453 e. The lowest BCUT2D eigenvalue weighted by molar-refractivity contribution is -0.0590. The number of nitrogens with zero attached hydrogens (tertiary/aromatic N) is 8. The summed E-state index contributed by atoms with van der Waals surface area (Å²) >= 11 is 15.6. The summed E-state index contributed by atoms with van der Waals surface area (Å²) in [5, 5.41) is 2.47. The van der Waals surface area contributed by atoms with Gasteiger partial charge in [0, 0.05) is 5.56 Å². The molecule has 0 radical (unpaired) electrons. The van der Waals surface area contributed by atoms with E-state index in [4.69, 9.17) is 61.4 Å². The summed E-state index contributed by atoms with van der Waals surface area (Å²) in [6.07, 6.45) is -8.93. The van der Waals surface area contributed by atoms with Gasteiger partial charge in [-0.1, -0.05) is 48.6 Å². The molecule has 7 heterocycles. The summed E-state index contributed by atoms with van der Waals surface area (Å²) in [6, 6.07) is 16.3. The van der Waals surface area contributed by atoms with Crippen LogP contribution in [-0.2, 0) is 48.7 Å². The molecule has 61 heavy (non-hydrogen) atoms. The van der Waals surface area contributed by atoms with Crippen molar-refractivity contribution in [1.29, 1.82) is 0 Å². The van der Waals surface area contributed by atoms with Gasteiger partial charge in [-0.3, -0.25) is 27.5 Å². The predicted molar refractivity (Wildman–Crippen MR) is 218 cm³/mol. The molecule has 1 amide bonds. The summed E-state index contributed by atoms with van der Waals surface area (Å²) in [6.45, 7) is -10.4. The van der Waals surface area contributed by atoms with Gasteiger partial charge in [-0.2, -0.15) is 9.97 Å². The van der Waals surface area contributed by atoms with Crippen LogP contribution >= 0.6 is 37.4 Å². The minimum absolute atomic E-state index is 0.0154. The van der Waals surface area contributed by atoms with Crippen LogP contribution in [0.15, 0.2) is 79.6 Å². The van der Waals surface area contributed by atoms with E-state index >= 15 is 4.39 Å². The lowest BCUT2D eigenvalue weighted by atomic mass is 10.1. The number of anilines is 2. The Morgan fingerprint density at radius 2 is 1.54 bits per heavy atom. The van der Waals surface area contributed by atoms with Crippen molar-refractivity contribution in [2.24, 2.45) is 0 Å². The maximum Gasteiger partial charge on any atom is 0.386 e. The first-order valence-electron chi connectivity index (χ1n) is 18.0. The molecular weight excluding hydrogens is 905 g/mol. The first-order chi connectivity index (χ1) is 29.2. The molecule has 4 aromatic heterocycles. The molecule has 21 nitrogen and oxygen atoms in total. The maximum atomic E-state index is 16.5. The second-order valence-electron chi connectivity index (χ2n) is 13.5. The van der Waals surface area contributed by atoms with Crippen LogP contribution < -0.4 is 11.1 Å². The monoisotopic (exact) mass is 934 g/mol. The molecule has 4 unspecified atom stereocenters. The van der Waals surface area contributed by atoms with Crippen molar-refractivity contribution >= 4 is 95.0 Å². The number of fused-ring (bicyclic) bond motifs is 5. The fourth-order valence-electron chi connectivity index (χ4n) is 6.96. The molecule has 0 aliphatic carbocycles. The molecule has 9 rings (SSSR count). The molecule has 6 aromatic rings. The molecule has 27 heteroatoms. The van der Waals surface area contributed by atoms with Crippen molar-refractivity contribution in [2.45, 2.75) is 49.1 Å². The third-order valence-electron chi connectivity index (χ3n) is 9.71. The topological polar surface area (TPSA) is 261 Å². The number of hydrogen-bond donors (Lipinski definition) is 4. The number of nitrogens with one attached hydrogen (secondary N) is 1. The first-order valence-corrected chi connectivity index (χ1v) is 23.6. The Bertz CT molecular complexity index is 2750. The number of nitrogen functional groups attached to an aromatic ring is 1. The molecule has 3 aliphatic rings. The number of amides is 1. The number of nitrogens with two attached hydrogens (primary N) is 1. The number of carbonyl (C=O) groups excluding carboxylic acids is 2. The fourth-order valence-corrected chi connectivity index (χ4v) is 10.0. The Hall–Kier alpha value is -4.55. The van der Waals surface area contributed by atoms with Crippen LogP contribution in [0.2, 0.25) is 5.28 Å². The Labute approximate surface area is 358 Å². The SMILES string of the molecule is Nc1nc(Cl)nc2c1ncn2[C@@H]1O[C@@H]2COP(=O)(S)O[C@H]3C(OC(=O)c4ccccc4)[C@@H](COP(O)(=S)OC2[C@H]1F)O[C@H]3n1cnc2c(NC(=O)c3ccccc3)ncnc21. The molecule has 0 saturated carbocycles. The van der Waals surface area contributed by atoms with Crippen molar-refractivity contribution in [3.8, 4) is 0 Å². The number of hydrogen-bond acceptors (Lipinski definition) is 18. The smallest absolute Gasteiger partial charge is 0.386 e. The van der Waals surface area contributed by atoms with Crippen LogP contribution in [0.4, 0.5) is 16.0 Å². The third kappa shape index (κ3) is 8.39. The maximum absolute atomic E-state index is 16.5. The van der Waals surface area contributed by atoms with E-state index in [2.05, 4.69) is 47.5 Å². The van der Waals surface area contributed by atoms with Gasteiger partial charge in [-0.15, -0.1) is 0 Å². The van der Waals surface area contributed by atoms with Crippen molar-refractivity contribution in [1.82, 2.24) is 39.0 Å². The summed E-state index contributed by atoms with van der Waals surface area (Å²) in [7, 11) is 0. The van der Waals surface area contributed by atoms with Gasteiger partial charge in [0.15, 0.2) is 59.3 Å². The molecule has 2 bridgehead atoms. The quantitative estimate of drug-likeness (QED) is 0.0771. The lowest BCUT2D eigenvalue weighted by Crippen LogP contribution is -2.39. The van der Waals surface area contributed by atoms with Gasteiger partial charge in [-0.25, -0.2) is 33.7 Å². The molecule has 2 aromatic carbocycles. The van der Waals surface area contributed by atoms with Gasteiger partial charge < -0.3 is 34.7 Å². The standard InChI is InChI=1S/C34H30ClFN10O11P2S2/c35-34-42-26(37)21-29(44-34)46(14-40-21)31-20(36)23-18(53-31)11-51-59(50,61)57-25-24(55-33(48)17-9-5-2-6-10-17)19(12-52-58(49,60)56-23)54-32(25)45-15-41-22-27(38-13-39-28(22)45)43-30(47)16-7-3-1-4-8-16/h1-10,13-15,18-20,23-25,31-32H,11-12H2,(H,49,60)(H,50,61)(H2,37,42,44)(H,38,39,43,47)/t18-,19-,20-,23?,24?,25+,31-,32-,58?,59?/m1/s1. The minimum Gasteiger partial charge on any atom is -0.453 e. The molecule has 3 fully saturated rings. The van der Waals surface area contributed by atoms with E-state index in [-0.39, 0.29) is 44.8 Å². The summed E-state index contributed by atoms with van der Waals surface area (Å²) < 4.78 is 75.0. The fraction of sp³-hybridized carbons (Fsp3) is 0.294. The molecule has 318 valence electrons. The summed E-state index contributed by atoms with van der Waals surface area (Å²) in [5.41, 5.74) is 6.76. The molecule has 4 N–H and O–H groups in total. The van der Waals surface area contributed by atoms with Gasteiger partial charge in [-0.05, 0) is 47.7 Å². The number of alkyl halides is 1. The van der Waals surface area contributed by atoms with Crippen molar-refractivity contribution in [3.63, 3.8) is 0 Å². The van der Waals surface area contributed by atoms with Gasteiger partial charge in [0.05, 0.1) is 31.4 Å². The second-order valence-corrected chi connectivity index (χ2v) is 19.6. The highest BCUT2D eigenvalue weighted by atomic mass is 35.5. The zero-order valence-electron chi connectivity index (χ0n) is 30.7. The Morgan fingerprint density at radius 1 is 0.885 bits per heavy atom. The highest BCUT2D eigenvalue weighted by Crippen LogP contribution is 2.59. The Kier molecular flexibility index (Phi) is 11.4. The second kappa shape index (κ2) is 16.6. The first kappa shape index (κ1) is 41.8. The zero-order chi connectivity index (χ0) is 42.6. The average Bonchev–Trinajstić information content (AvgIpc) is 4.01. The number of imidazole rings is 2. The van der Waals surface area contributed by atoms with Gasteiger partial charge in [0.1, 0.15) is 30.2 Å². The predicted octanol–water partition coefficient (Wildman–Crippen LogP) is 4.58. The van der Waals surface area contributed by atoms with Crippen LogP contribution in [0.1, 0.15) is 33.2 Å². The van der Waals surface area contributed by atoms with E-state index in [1.807, 2.05) is 0 Å². The van der Waals surface area contributed by atoms with E-state index in [1.54, 1.807) is 48.5 Å². The van der Waals surface area contributed by atoms with Crippen LogP contribution in [0.3, 0.4) is 0 Å². The van der Waals surface area contributed by atoms with E-state index < -0.39 is 87.8 Å². The lowest BCUT2D eigenvalue weighted by Gasteiger charge is -2.27. The Morgan fingerprint density at radius 3 is 2.28 bits per heavy atom. The summed E-state index contributed by atoms with van der Waals surface area (Å²) in [5.74, 6) is -1.35. The highest BCUT2D eigenvalue weighted by molar-refractivity contribution is 8.44. The van der Waals surface area contributed by atoms with Crippen molar-refractivity contribution in [2.75, 3.05) is 24.3 Å². The minimum atomic E-state index is -4.60. The van der Waals surface area contributed by atoms with Crippen LogP contribution in [-0.4, -0.2) is 106 Å². The number of aromatic nitrogens is 8. The van der Waals surface area contributed by atoms with Gasteiger partial charge >= 0.3 is 19.5 Å². The molecule has 3 saturated heterocycles. The normalized spacial score (nSPS) is 30.6. The summed E-state index contributed by atoms with van der Waals surface area (Å²) in [4.78, 5) is 63.2. The van der Waals surface area contributed by atoms with Crippen LogP contribution in [0.5, 0.6) is 0 Å². The van der Waals surface area contributed by atoms with E-state index in [0.29, 0.717) is 5.56 Å². The number of ether oxygens (including phenoxy) is 3. The van der Waals surface area contributed by atoms with E-state index in [1.165, 1.54) is 40.2 Å². The van der Waals surface area contributed by atoms with Crippen molar-refractivity contribution in [3.05, 3.63) is 96.1 Å². The molecular formula is C34H30ClFN10O11P2S2. The number of rotatable bonds is 6. The molecule has 10 atom stereocenters. The highest BCUT2D eigenvalue weighted by Gasteiger charge is 2.55. The van der Waals surface area contributed by atoms with E-state index in [0.717, 1.165) is 0 Å². The molecule has 0 spiro atoms. The average molecular weight is 935 g/mol. The van der Waals surface area contributed by atoms with Gasteiger partial charge in [0.2, 0.25) is 5.28 Å². The number of esters is 1. The van der Waals surface area contributed by atoms with E-state index in [9.17, 15) is 19.0 Å². The van der Waals surface area contributed by atoms with Gasteiger partial charge in [0.25, 0.3) is 5.91 Å². The van der Waals surface area contributed by atoms with Crippen molar-refractivity contribution < 1.29 is 55.7 Å².